The summed E-state index contributed by atoms with van der Waals surface area (Å²) in [5.41, 5.74) is 0.582. The van der Waals surface area contributed by atoms with Crippen LogP contribution in [0.2, 0.25) is 0 Å². The van der Waals surface area contributed by atoms with Gasteiger partial charge in [0.2, 0.25) is 0 Å². The highest BCUT2D eigenvalue weighted by Gasteiger charge is 2.27. The van der Waals surface area contributed by atoms with Crippen LogP contribution in [-0.2, 0) is 0 Å². The first-order valence-electron chi connectivity index (χ1n) is 7.12. The van der Waals surface area contributed by atoms with Crippen molar-refractivity contribution in [1.82, 2.24) is 10.2 Å². The van der Waals surface area contributed by atoms with Gasteiger partial charge < -0.3 is 10.2 Å². The van der Waals surface area contributed by atoms with Gasteiger partial charge in [-0.2, -0.15) is 0 Å². The zero-order chi connectivity index (χ0) is 13.7. The third-order valence-electron chi connectivity index (χ3n) is 3.62. The van der Waals surface area contributed by atoms with E-state index >= 15 is 0 Å². The molecule has 0 aliphatic heterocycles. The van der Waals surface area contributed by atoms with Gasteiger partial charge in [0.25, 0.3) is 0 Å². The lowest BCUT2D eigenvalue weighted by Crippen LogP contribution is -2.48. The lowest BCUT2D eigenvalue weighted by molar-refractivity contribution is 0.126. The molecule has 104 valence electrons. The fourth-order valence-electron chi connectivity index (χ4n) is 1.92. The van der Waals surface area contributed by atoms with Gasteiger partial charge >= 0.3 is 0 Å². The molecule has 0 radical (unpaired) electrons. The Balaban J connectivity index is 4.45. The maximum Gasteiger partial charge on any atom is 0.00967 e. The van der Waals surface area contributed by atoms with Gasteiger partial charge in [0.1, 0.15) is 0 Å². The average molecular weight is 242 g/mol. The molecule has 0 spiro atoms. The zero-order valence-corrected chi connectivity index (χ0v) is 13.4. The van der Waals surface area contributed by atoms with Crippen LogP contribution in [0.15, 0.2) is 0 Å². The molecule has 1 unspecified atom stereocenters. The second-order valence-corrected chi connectivity index (χ2v) is 6.92. The summed E-state index contributed by atoms with van der Waals surface area (Å²) in [7, 11) is 0. The van der Waals surface area contributed by atoms with Crippen molar-refractivity contribution in [2.24, 2.45) is 5.41 Å². The van der Waals surface area contributed by atoms with E-state index < -0.39 is 0 Å². The maximum atomic E-state index is 3.66. The Kier molecular flexibility index (Phi) is 6.71. The smallest absolute Gasteiger partial charge is 0.00967 e. The summed E-state index contributed by atoms with van der Waals surface area (Å²) in [5, 5.41) is 3.66. The van der Waals surface area contributed by atoms with Crippen molar-refractivity contribution in [2.45, 2.75) is 73.4 Å². The predicted molar refractivity (Wildman–Crippen MR) is 78.5 cm³/mol. The highest BCUT2D eigenvalue weighted by molar-refractivity contribution is 4.83. The topological polar surface area (TPSA) is 15.3 Å². The first kappa shape index (κ1) is 16.9. The first-order valence-corrected chi connectivity index (χ1v) is 7.12. The largest absolute Gasteiger partial charge is 0.311 e. The first-order chi connectivity index (χ1) is 7.63. The van der Waals surface area contributed by atoms with E-state index in [9.17, 15) is 0 Å². The Morgan fingerprint density at radius 2 is 1.59 bits per heavy atom. The molecule has 0 aromatic heterocycles. The SMILES string of the molecule is CCN(CC(C)(CC)CNC(C)(C)C)C(C)C. The lowest BCUT2D eigenvalue weighted by atomic mass is 9.85. The zero-order valence-electron chi connectivity index (χ0n) is 13.4. The average Bonchev–Trinajstić information content (AvgIpc) is 2.22. The van der Waals surface area contributed by atoms with E-state index in [-0.39, 0.29) is 5.54 Å². The summed E-state index contributed by atoms with van der Waals surface area (Å²) in [6.07, 6.45) is 1.22. The van der Waals surface area contributed by atoms with Gasteiger partial charge in [0.05, 0.1) is 0 Å². The van der Waals surface area contributed by atoms with Crippen molar-refractivity contribution in [1.29, 1.82) is 0 Å². The van der Waals surface area contributed by atoms with Crippen molar-refractivity contribution in [2.75, 3.05) is 19.6 Å². The van der Waals surface area contributed by atoms with E-state index in [0.29, 0.717) is 11.5 Å². The Bertz CT molecular complexity index is 205. The Hall–Kier alpha value is -0.0800. The molecule has 0 aliphatic carbocycles. The number of hydrogen-bond donors (Lipinski definition) is 1. The second-order valence-electron chi connectivity index (χ2n) is 6.92. The van der Waals surface area contributed by atoms with Gasteiger partial charge in [0, 0.05) is 24.7 Å². The normalized spacial score (nSPS) is 16.6. The van der Waals surface area contributed by atoms with Crippen molar-refractivity contribution < 1.29 is 0 Å². The molecule has 17 heavy (non-hydrogen) atoms. The van der Waals surface area contributed by atoms with Crippen molar-refractivity contribution in [3.05, 3.63) is 0 Å². The fourth-order valence-corrected chi connectivity index (χ4v) is 1.92. The summed E-state index contributed by atoms with van der Waals surface area (Å²) in [5.74, 6) is 0. The predicted octanol–water partition coefficient (Wildman–Crippen LogP) is 3.52. The molecule has 0 aromatic rings. The quantitative estimate of drug-likeness (QED) is 0.735. The van der Waals surface area contributed by atoms with Crippen LogP contribution in [0.25, 0.3) is 0 Å². The van der Waals surface area contributed by atoms with Gasteiger partial charge in [-0.25, -0.2) is 0 Å². The van der Waals surface area contributed by atoms with Crippen LogP contribution in [0.5, 0.6) is 0 Å². The van der Waals surface area contributed by atoms with Crippen LogP contribution < -0.4 is 5.32 Å². The Labute approximate surface area is 109 Å². The van der Waals surface area contributed by atoms with E-state index in [1.54, 1.807) is 0 Å². The lowest BCUT2D eigenvalue weighted by Gasteiger charge is -2.38. The molecule has 0 aliphatic rings. The van der Waals surface area contributed by atoms with Gasteiger partial charge in [-0.1, -0.05) is 20.8 Å². The molecule has 1 atom stereocenters. The standard InChI is InChI=1S/C15H34N2/c1-9-15(8,11-16-14(5,6)7)12-17(10-2)13(3)4/h13,16H,9-12H2,1-8H3. The van der Waals surface area contributed by atoms with Crippen LogP contribution in [-0.4, -0.2) is 36.1 Å². The number of hydrogen-bond acceptors (Lipinski definition) is 2. The van der Waals surface area contributed by atoms with Crippen LogP contribution in [0, 0.1) is 5.41 Å². The van der Waals surface area contributed by atoms with Crippen LogP contribution in [0.3, 0.4) is 0 Å². The number of nitrogens with one attached hydrogen (secondary N) is 1. The molecular formula is C15H34N2. The molecule has 0 heterocycles. The summed E-state index contributed by atoms with van der Waals surface area (Å²) >= 11 is 0. The van der Waals surface area contributed by atoms with Crippen LogP contribution in [0.1, 0.15) is 61.8 Å². The second kappa shape index (κ2) is 6.75. The van der Waals surface area contributed by atoms with Gasteiger partial charge in [0.15, 0.2) is 0 Å². The molecule has 0 amide bonds. The summed E-state index contributed by atoms with van der Waals surface area (Å²) in [4.78, 5) is 2.56. The van der Waals surface area contributed by atoms with Gasteiger partial charge in [-0.3, -0.25) is 0 Å². The van der Waals surface area contributed by atoms with Crippen LogP contribution in [0.4, 0.5) is 0 Å². The molecule has 0 saturated heterocycles. The van der Waals surface area contributed by atoms with Crippen molar-refractivity contribution in [3.63, 3.8) is 0 Å². The number of nitrogens with zero attached hydrogens (tertiary/aromatic N) is 1. The molecule has 0 saturated carbocycles. The van der Waals surface area contributed by atoms with Crippen LogP contribution >= 0.6 is 0 Å². The molecule has 2 heteroatoms. The minimum absolute atomic E-state index is 0.214. The monoisotopic (exact) mass is 242 g/mol. The van der Waals surface area contributed by atoms with Gasteiger partial charge in [-0.05, 0) is 53.0 Å². The molecule has 0 bridgehead atoms. The van der Waals surface area contributed by atoms with Gasteiger partial charge in [-0.15, -0.1) is 0 Å². The van der Waals surface area contributed by atoms with E-state index in [1.165, 1.54) is 13.0 Å². The minimum Gasteiger partial charge on any atom is -0.311 e. The molecule has 0 aromatic carbocycles. The fraction of sp³-hybridized carbons (Fsp3) is 1.00. The van der Waals surface area contributed by atoms with Crippen molar-refractivity contribution in [3.8, 4) is 0 Å². The van der Waals surface area contributed by atoms with E-state index in [1.807, 2.05) is 0 Å². The molecular weight excluding hydrogens is 208 g/mol. The van der Waals surface area contributed by atoms with E-state index in [0.717, 1.165) is 13.1 Å². The third-order valence-corrected chi connectivity index (χ3v) is 3.62. The maximum absolute atomic E-state index is 3.66. The summed E-state index contributed by atoms with van der Waals surface area (Å²) in [6.45, 7) is 21.7. The highest BCUT2D eigenvalue weighted by Crippen LogP contribution is 2.23. The molecule has 0 fully saturated rings. The Morgan fingerprint density at radius 3 is 1.88 bits per heavy atom. The minimum atomic E-state index is 0.214. The highest BCUT2D eigenvalue weighted by atomic mass is 15.2. The molecule has 0 rings (SSSR count). The Morgan fingerprint density at radius 1 is 1.06 bits per heavy atom. The third kappa shape index (κ3) is 7.05. The van der Waals surface area contributed by atoms with E-state index in [2.05, 4.69) is 65.6 Å². The molecule has 1 N–H and O–H groups in total. The van der Waals surface area contributed by atoms with E-state index in [4.69, 9.17) is 0 Å². The van der Waals surface area contributed by atoms with Crippen molar-refractivity contribution >= 4 is 0 Å². The number of rotatable bonds is 7. The molecule has 2 nitrogen and oxygen atoms in total. The summed E-state index contributed by atoms with van der Waals surface area (Å²) < 4.78 is 0. The summed E-state index contributed by atoms with van der Waals surface area (Å²) in [6, 6.07) is 0.639.